The lowest BCUT2D eigenvalue weighted by Gasteiger charge is -2.40. The first-order valence-corrected chi connectivity index (χ1v) is 8.20. The van der Waals surface area contributed by atoms with Gasteiger partial charge in [0, 0.05) is 6.54 Å². The largest absolute Gasteiger partial charge is 0.415 e. The second kappa shape index (κ2) is 3.93. The van der Waals surface area contributed by atoms with E-state index in [0.29, 0.717) is 13.2 Å². The number of hydrogen-bond acceptors (Lipinski definition) is 3. The number of hydrogen-bond donors (Lipinski definition) is 2. The molecule has 0 saturated carbocycles. The zero-order chi connectivity index (χ0) is 11.0. The Bertz CT molecular complexity index is 201. The van der Waals surface area contributed by atoms with Gasteiger partial charge >= 0.3 is 0 Å². The predicted octanol–water partition coefficient (Wildman–Crippen LogP) is 1.34. The van der Waals surface area contributed by atoms with Gasteiger partial charge in [0.2, 0.25) is 0 Å². The highest BCUT2D eigenvalue weighted by Gasteiger charge is 2.39. The van der Waals surface area contributed by atoms with Crippen molar-refractivity contribution in [1.82, 2.24) is 5.32 Å². The molecule has 1 saturated heterocycles. The Labute approximate surface area is 88.0 Å². The average Bonchev–Trinajstić information content (AvgIpc) is 1.99. The van der Waals surface area contributed by atoms with Crippen molar-refractivity contribution in [2.24, 2.45) is 0 Å². The second-order valence-corrected chi connectivity index (χ2v) is 10.5. The molecule has 1 rings (SSSR count). The standard InChI is InChI=1S/C10H23NO2Si/c1-10(2,3)14(4,5)13-7-8-9(12)6-11-8/h8-9,11-12H,6-7H2,1-5H3/t8-,9+/m0/s1. The highest BCUT2D eigenvalue weighted by Crippen LogP contribution is 2.36. The van der Waals surface area contributed by atoms with Gasteiger partial charge in [-0.15, -0.1) is 0 Å². The summed E-state index contributed by atoms with van der Waals surface area (Å²) in [6.45, 7) is 12.5. The lowest BCUT2D eigenvalue weighted by Crippen LogP contribution is -2.60. The summed E-state index contributed by atoms with van der Waals surface area (Å²) in [5, 5.41) is 12.8. The minimum absolute atomic E-state index is 0.157. The van der Waals surface area contributed by atoms with E-state index in [4.69, 9.17) is 4.43 Å². The van der Waals surface area contributed by atoms with Crippen LogP contribution in [0.25, 0.3) is 0 Å². The van der Waals surface area contributed by atoms with Crippen LogP contribution >= 0.6 is 0 Å². The van der Waals surface area contributed by atoms with Crippen molar-refractivity contribution >= 4 is 8.32 Å². The summed E-state index contributed by atoms with van der Waals surface area (Å²) in [4.78, 5) is 0. The molecule has 0 spiro atoms. The highest BCUT2D eigenvalue weighted by molar-refractivity contribution is 6.74. The Balaban J connectivity index is 2.36. The first-order chi connectivity index (χ1) is 6.24. The predicted molar refractivity (Wildman–Crippen MR) is 60.9 cm³/mol. The fourth-order valence-corrected chi connectivity index (χ4v) is 2.10. The molecule has 0 bridgehead atoms. The molecule has 0 radical (unpaired) electrons. The van der Waals surface area contributed by atoms with Crippen LogP contribution in [0.1, 0.15) is 20.8 Å². The molecule has 0 aromatic rings. The van der Waals surface area contributed by atoms with E-state index in [1.54, 1.807) is 0 Å². The van der Waals surface area contributed by atoms with Gasteiger partial charge in [0.15, 0.2) is 8.32 Å². The van der Waals surface area contributed by atoms with Crippen molar-refractivity contribution in [2.45, 2.75) is 51.0 Å². The van der Waals surface area contributed by atoms with Crippen LogP contribution in [-0.2, 0) is 4.43 Å². The minimum atomic E-state index is -1.63. The molecule has 84 valence electrons. The number of aliphatic hydroxyl groups excluding tert-OH is 1. The van der Waals surface area contributed by atoms with E-state index in [1.807, 2.05) is 0 Å². The molecule has 0 aromatic carbocycles. The van der Waals surface area contributed by atoms with Gasteiger partial charge in [0.25, 0.3) is 0 Å². The molecule has 3 nitrogen and oxygen atoms in total. The van der Waals surface area contributed by atoms with E-state index < -0.39 is 8.32 Å². The van der Waals surface area contributed by atoms with Crippen molar-refractivity contribution in [2.75, 3.05) is 13.2 Å². The van der Waals surface area contributed by atoms with Crippen LogP contribution in [0.15, 0.2) is 0 Å². The third-order valence-electron chi connectivity index (χ3n) is 3.48. The normalized spacial score (nSPS) is 28.7. The molecule has 14 heavy (non-hydrogen) atoms. The van der Waals surface area contributed by atoms with Gasteiger partial charge in [0.1, 0.15) is 0 Å². The Morgan fingerprint density at radius 1 is 1.43 bits per heavy atom. The van der Waals surface area contributed by atoms with E-state index in [2.05, 4.69) is 39.2 Å². The minimum Gasteiger partial charge on any atom is -0.415 e. The van der Waals surface area contributed by atoms with Crippen LogP contribution < -0.4 is 5.32 Å². The molecule has 2 atom stereocenters. The van der Waals surface area contributed by atoms with Crippen LogP contribution in [0, 0.1) is 0 Å². The smallest absolute Gasteiger partial charge is 0.192 e. The first kappa shape index (κ1) is 12.2. The van der Waals surface area contributed by atoms with Gasteiger partial charge < -0.3 is 14.8 Å². The second-order valence-electron chi connectivity index (χ2n) is 5.65. The first-order valence-electron chi connectivity index (χ1n) is 5.29. The molecule has 0 unspecified atom stereocenters. The SMILES string of the molecule is CC(C)(C)[Si](C)(C)OC[C@@H]1NC[C@H]1O. The summed E-state index contributed by atoms with van der Waals surface area (Å²) < 4.78 is 5.98. The van der Waals surface area contributed by atoms with Gasteiger partial charge in [-0.05, 0) is 18.1 Å². The van der Waals surface area contributed by atoms with Crippen molar-refractivity contribution < 1.29 is 9.53 Å². The van der Waals surface area contributed by atoms with Crippen LogP contribution in [-0.4, -0.2) is 38.7 Å². The summed E-state index contributed by atoms with van der Waals surface area (Å²) in [5.74, 6) is 0. The molecule has 1 aliphatic rings. The number of rotatable bonds is 3. The van der Waals surface area contributed by atoms with Crippen molar-refractivity contribution in [1.29, 1.82) is 0 Å². The topological polar surface area (TPSA) is 41.5 Å². The fraction of sp³-hybridized carbons (Fsp3) is 1.00. The number of aliphatic hydroxyl groups is 1. The quantitative estimate of drug-likeness (QED) is 0.701. The Morgan fingerprint density at radius 3 is 2.29 bits per heavy atom. The van der Waals surface area contributed by atoms with Crippen LogP contribution in [0.5, 0.6) is 0 Å². The maximum atomic E-state index is 9.38. The number of nitrogens with one attached hydrogen (secondary N) is 1. The molecule has 0 aromatic heterocycles. The van der Waals surface area contributed by atoms with Crippen LogP contribution in [0.4, 0.5) is 0 Å². The van der Waals surface area contributed by atoms with Crippen molar-refractivity contribution in [3.8, 4) is 0 Å². The molecular weight excluding hydrogens is 194 g/mol. The van der Waals surface area contributed by atoms with Crippen LogP contribution in [0.2, 0.25) is 18.1 Å². The lowest BCUT2D eigenvalue weighted by atomic mass is 10.1. The van der Waals surface area contributed by atoms with E-state index in [1.165, 1.54) is 0 Å². The van der Waals surface area contributed by atoms with Gasteiger partial charge in [-0.2, -0.15) is 0 Å². The average molecular weight is 217 g/mol. The summed E-state index contributed by atoms with van der Waals surface area (Å²) in [6, 6.07) is 0.157. The molecule has 4 heteroatoms. The van der Waals surface area contributed by atoms with Crippen molar-refractivity contribution in [3.05, 3.63) is 0 Å². The molecule has 2 N–H and O–H groups in total. The lowest BCUT2D eigenvalue weighted by molar-refractivity contribution is 0.0331. The Kier molecular flexibility index (Phi) is 3.41. The third-order valence-corrected chi connectivity index (χ3v) is 7.98. The molecule has 0 amide bonds. The van der Waals surface area contributed by atoms with E-state index >= 15 is 0 Å². The fourth-order valence-electron chi connectivity index (χ4n) is 1.07. The zero-order valence-electron chi connectivity index (χ0n) is 9.92. The van der Waals surface area contributed by atoms with E-state index in [0.717, 1.165) is 0 Å². The monoisotopic (exact) mass is 217 g/mol. The summed E-state index contributed by atoms with van der Waals surface area (Å²) in [5.41, 5.74) is 0. The summed E-state index contributed by atoms with van der Waals surface area (Å²) in [7, 11) is -1.63. The van der Waals surface area contributed by atoms with E-state index in [9.17, 15) is 5.11 Å². The Morgan fingerprint density at radius 2 is 2.00 bits per heavy atom. The maximum absolute atomic E-state index is 9.38. The molecule has 1 aliphatic heterocycles. The molecule has 1 heterocycles. The third kappa shape index (κ3) is 2.57. The maximum Gasteiger partial charge on any atom is 0.192 e. The molecule has 0 aliphatic carbocycles. The summed E-state index contributed by atoms with van der Waals surface area (Å²) >= 11 is 0. The van der Waals surface area contributed by atoms with Crippen LogP contribution in [0.3, 0.4) is 0 Å². The Hall–Kier alpha value is 0.0969. The molecule has 1 fully saturated rings. The van der Waals surface area contributed by atoms with E-state index in [-0.39, 0.29) is 17.2 Å². The summed E-state index contributed by atoms with van der Waals surface area (Å²) in [6.07, 6.45) is -0.209. The van der Waals surface area contributed by atoms with Gasteiger partial charge in [0.05, 0.1) is 18.8 Å². The highest BCUT2D eigenvalue weighted by atomic mass is 28.4. The molecular formula is C10H23NO2Si. The van der Waals surface area contributed by atoms with Gasteiger partial charge in [-0.3, -0.25) is 0 Å². The van der Waals surface area contributed by atoms with Gasteiger partial charge in [-0.1, -0.05) is 20.8 Å². The zero-order valence-corrected chi connectivity index (χ0v) is 10.9. The number of β-amino-alcohol motifs (C(OH)–C–C–N with tert-alkyl or cyclic N) is 1. The van der Waals surface area contributed by atoms with Crippen molar-refractivity contribution in [3.63, 3.8) is 0 Å². The van der Waals surface area contributed by atoms with Gasteiger partial charge in [-0.25, -0.2) is 0 Å².